The maximum Gasteiger partial charge on any atom is 0.169 e. The summed E-state index contributed by atoms with van der Waals surface area (Å²) in [5, 5.41) is 4.39. The summed E-state index contributed by atoms with van der Waals surface area (Å²) in [5.41, 5.74) is 1.34. The molecule has 0 bridgehead atoms. The van der Waals surface area contributed by atoms with Gasteiger partial charge in [-0.05, 0) is 62.5 Å². The van der Waals surface area contributed by atoms with Gasteiger partial charge < -0.3 is 15.0 Å². The molecule has 4 heteroatoms. The molecule has 1 N–H and O–H groups in total. The van der Waals surface area contributed by atoms with Gasteiger partial charge in [0.25, 0.3) is 0 Å². The van der Waals surface area contributed by atoms with Gasteiger partial charge in [0, 0.05) is 12.6 Å². The number of hydrogen-bond donors (Lipinski definition) is 1. The van der Waals surface area contributed by atoms with Crippen LogP contribution in [-0.2, 0) is 0 Å². The number of ether oxygens (including phenoxy) is 1. The van der Waals surface area contributed by atoms with Crippen LogP contribution in [0.4, 0.5) is 0 Å². The molecule has 1 aliphatic heterocycles. The fraction of sp³-hybridized carbons (Fsp3) is 0.562. The van der Waals surface area contributed by atoms with E-state index in [0.29, 0.717) is 18.7 Å². The van der Waals surface area contributed by atoms with Crippen LogP contribution in [0.3, 0.4) is 0 Å². The number of nitrogens with one attached hydrogen (secondary N) is 1. The highest BCUT2D eigenvalue weighted by Gasteiger charge is 2.30. The molecule has 0 unspecified atom stereocenters. The average molecular weight is 290 g/mol. The normalized spacial score (nSPS) is 21.9. The van der Waals surface area contributed by atoms with Gasteiger partial charge >= 0.3 is 0 Å². The number of hydrogen-bond acceptors (Lipinski definition) is 2. The lowest BCUT2D eigenvalue weighted by atomic mass is 10.0. The Kier molecular flexibility index (Phi) is 4.10. The maximum absolute atomic E-state index is 5.56. The van der Waals surface area contributed by atoms with E-state index in [1.165, 1.54) is 31.2 Å². The molecule has 0 aromatic heterocycles. The van der Waals surface area contributed by atoms with E-state index in [4.69, 9.17) is 17.0 Å². The second kappa shape index (κ2) is 6.00. The lowest BCUT2D eigenvalue weighted by Crippen LogP contribution is -2.40. The zero-order valence-electron chi connectivity index (χ0n) is 12.0. The predicted molar refractivity (Wildman–Crippen MR) is 85.0 cm³/mol. The van der Waals surface area contributed by atoms with Gasteiger partial charge in [-0.25, -0.2) is 0 Å². The molecule has 0 radical (unpaired) electrons. The van der Waals surface area contributed by atoms with E-state index in [1.54, 1.807) is 0 Å². The molecule has 20 heavy (non-hydrogen) atoms. The molecule has 1 atom stereocenters. The Bertz CT molecular complexity index is 470. The Morgan fingerprint density at radius 2 is 2.05 bits per heavy atom. The SMILES string of the molecule is CCOc1ccc([C@@H]2CCCN2C(=S)NC2CC2)cc1. The van der Waals surface area contributed by atoms with Crippen LogP contribution in [-0.4, -0.2) is 29.2 Å². The topological polar surface area (TPSA) is 24.5 Å². The van der Waals surface area contributed by atoms with Crippen LogP contribution in [0.25, 0.3) is 0 Å². The lowest BCUT2D eigenvalue weighted by Gasteiger charge is -2.28. The molecule has 1 aliphatic carbocycles. The number of likely N-dealkylation sites (tertiary alicyclic amines) is 1. The summed E-state index contributed by atoms with van der Waals surface area (Å²) in [5.74, 6) is 0.944. The minimum atomic E-state index is 0.421. The van der Waals surface area contributed by atoms with Crippen LogP contribution in [0.2, 0.25) is 0 Å². The molecule has 3 nitrogen and oxygen atoms in total. The standard InChI is InChI=1S/C16H22N2OS/c1-2-19-14-9-5-12(6-10-14)15-4-3-11-18(15)16(20)17-13-7-8-13/h5-6,9-10,13,15H,2-4,7-8,11H2,1H3,(H,17,20)/t15-/m0/s1. The Balaban J connectivity index is 1.68. The van der Waals surface area contributed by atoms with E-state index in [1.807, 2.05) is 6.92 Å². The summed E-state index contributed by atoms with van der Waals surface area (Å²) < 4.78 is 5.51. The average Bonchev–Trinajstić information content (AvgIpc) is 3.13. The zero-order valence-corrected chi connectivity index (χ0v) is 12.8. The molecular formula is C16H22N2OS. The first kappa shape index (κ1) is 13.7. The van der Waals surface area contributed by atoms with E-state index in [2.05, 4.69) is 34.5 Å². The third kappa shape index (κ3) is 3.06. The van der Waals surface area contributed by atoms with Crippen molar-refractivity contribution in [2.24, 2.45) is 0 Å². The summed E-state index contributed by atoms with van der Waals surface area (Å²) in [7, 11) is 0. The van der Waals surface area contributed by atoms with Gasteiger partial charge in [-0.3, -0.25) is 0 Å². The third-order valence-electron chi connectivity index (χ3n) is 3.99. The maximum atomic E-state index is 5.56. The summed E-state index contributed by atoms with van der Waals surface area (Å²) in [4.78, 5) is 2.35. The first-order chi connectivity index (χ1) is 9.78. The molecule has 1 heterocycles. The van der Waals surface area contributed by atoms with Crippen molar-refractivity contribution in [3.05, 3.63) is 29.8 Å². The summed E-state index contributed by atoms with van der Waals surface area (Å²) >= 11 is 5.56. The molecule has 1 aromatic carbocycles. The Morgan fingerprint density at radius 3 is 2.70 bits per heavy atom. The van der Waals surface area contributed by atoms with Crippen LogP contribution in [0.1, 0.15) is 44.2 Å². The Labute approximate surface area is 126 Å². The highest BCUT2D eigenvalue weighted by atomic mass is 32.1. The van der Waals surface area contributed by atoms with Crippen molar-refractivity contribution < 1.29 is 4.74 Å². The van der Waals surface area contributed by atoms with Crippen molar-refractivity contribution in [3.8, 4) is 5.75 Å². The number of thiocarbonyl (C=S) groups is 1. The van der Waals surface area contributed by atoms with Crippen LogP contribution in [0.5, 0.6) is 5.75 Å². The summed E-state index contributed by atoms with van der Waals surface area (Å²) in [6.07, 6.45) is 4.92. The van der Waals surface area contributed by atoms with Crippen molar-refractivity contribution in [1.29, 1.82) is 0 Å². The Morgan fingerprint density at radius 1 is 1.30 bits per heavy atom. The van der Waals surface area contributed by atoms with E-state index in [9.17, 15) is 0 Å². The van der Waals surface area contributed by atoms with E-state index in [0.717, 1.165) is 17.4 Å². The molecule has 0 spiro atoms. The highest BCUT2D eigenvalue weighted by Crippen LogP contribution is 2.33. The Hall–Kier alpha value is -1.29. The van der Waals surface area contributed by atoms with Gasteiger partial charge in [-0.2, -0.15) is 0 Å². The molecule has 0 amide bonds. The highest BCUT2D eigenvalue weighted by molar-refractivity contribution is 7.80. The monoisotopic (exact) mass is 290 g/mol. The van der Waals surface area contributed by atoms with Gasteiger partial charge in [0.15, 0.2) is 5.11 Å². The minimum absolute atomic E-state index is 0.421. The predicted octanol–water partition coefficient (Wildman–Crippen LogP) is 3.26. The van der Waals surface area contributed by atoms with Crippen LogP contribution in [0, 0.1) is 0 Å². The van der Waals surface area contributed by atoms with Gasteiger partial charge in [0.1, 0.15) is 5.75 Å². The first-order valence-corrected chi connectivity index (χ1v) is 7.98. The van der Waals surface area contributed by atoms with E-state index >= 15 is 0 Å². The minimum Gasteiger partial charge on any atom is -0.494 e. The molecule has 1 saturated heterocycles. The third-order valence-corrected chi connectivity index (χ3v) is 4.35. The molecule has 3 rings (SSSR count). The van der Waals surface area contributed by atoms with Crippen molar-refractivity contribution >= 4 is 17.3 Å². The van der Waals surface area contributed by atoms with Crippen molar-refractivity contribution in [3.63, 3.8) is 0 Å². The molecule has 1 saturated carbocycles. The molecule has 2 fully saturated rings. The van der Waals surface area contributed by atoms with Gasteiger partial charge in [0.2, 0.25) is 0 Å². The largest absolute Gasteiger partial charge is 0.494 e. The smallest absolute Gasteiger partial charge is 0.169 e. The molecular weight excluding hydrogens is 268 g/mol. The zero-order chi connectivity index (χ0) is 13.9. The van der Waals surface area contributed by atoms with Crippen LogP contribution in [0.15, 0.2) is 24.3 Å². The summed E-state index contributed by atoms with van der Waals surface area (Å²) in [6, 6.07) is 9.52. The second-order valence-electron chi connectivity index (χ2n) is 5.58. The molecule has 1 aromatic rings. The van der Waals surface area contributed by atoms with E-state index < -0.39 is 0 Å². The number of benzene rings is 1. The van der Waals surface area contributed by atoms with Crippen molar-refractivity contribution in [1.82, 2.24) is 10.2 Å². The second-order valence-corrected chi connectivity index (χ2v) is 5.96. The van der Waals surface area contributed by atoms with Gasteiger partial charge in [-0.15, -0.1) is 0 Å². The van der Waals surface area contributed by atoms with Crippen LogP contribution < -0.4 is 10.1 Å². The van der Waals surface area contributed by atoms with Crippen molar-refractivity contribution in [2.75, 3.05) is 13.2 Å². The lowest BCUT2D eigenvalue weighted by molar-refractivity contribution is 0.339. The van der Waals surface area contributed by atoms with Crippen molar-refractivity contribution in [2.45, 2.75) is 44.7 Å². The van der Waals surface area contributed by atoms with Gasteiger partial charge in [0.05, 0.1) is 12.6 Å². The van der Waals surface area contributed by atoms with Gasteiger partial charge in [-0.1, -0.05) is 12.1 Å². The number of rotatable bonds is 4. The van der Waals surface area contributed by atoms with E-state index in [-0.39, 0.29) is 0 Å². The number of nitrogens with zero attached hydrogens (tertiary/aromatic N) is 1. The van der Waals surface area contributed by atoms with Crippen LogP contribution >= 0.6 is 12.2 Å². The first-order valence-electron chi connectivity index (χ1n) is 7.58. The quantitative estimate of drug-likeness (QED) is 0.860. The fourth-order valence-electron chi connectivity index (χ4n) is 2.79. The molecule has 108 valence electrons. The fourth-order valence-corrected chi connectivity index (χ4v) is 3.18. The summed E-state index contributed by atoms with van der Waals surface area (Å²) in [6.45, 7) is 3.79. The molecule has 2 aliphatic rings.